The van der Waals surface area contributed by atoms with Gasteiger partial charge >= 0.3 is 0 Å². The third kappa shape index (κ3) is 5.07. The lowest BCUT2D eigenvalue weighted by Gasteiger charge is -2.19. The summed E-state index contributed by atoms with van der Waals surface area (Å²) in [7, 11) is 3.56. The fourth-order valence-electron chi connectivity index (χ4n) is 1.43. The van der Waals surface area contributed by atoms with E-state index in [9.17, 15) is 5.11 Å². The number of hydrogen-bond donors (Lipinski definition) is 1. The van der Waals surface area contributed by atoms with E-state index in [2.05, 4.69) is 25.9 Å². The molecule has 0 unspecified atom stereocenters. The zero-order valence-electron chi connectivity index (χ0n) is 9.64. The third-order valence-electron chi connectivity index (χ3n) is 2.19. The molecule has 0 fully saturated rings. The molecular weight excluding hydrogens is 274 g/mol. The number of halogens is 1. The van der Waals surface area contributed by atoms with Crippen LogP contribution in [-0.2, 0) is 11.3 Å². The highest BCUT2D eigenvalue weighted by Gasteiger charge is 2.07. The van der Waals surface area contributed by atoms with Crippen molar-refractivity contribution >= 4 is 15.9 Å². The van der Waals surface area contributed by atoms with Crippen molar-refractivity contribution < 1.29 is 9.84 Å². The first kappa shape index (κ1) is 13.6. The lowest BCUT2D eigenvalue weighted by atomic mass is 10.3. The van der Waals surface area contributed by atoms with E-state index in [1.54, 1.807) is 13.3 Å². The summed E-state index contributed by atoms with van der Waals surface area (Å²) in [5, 5.41) is 13.7. The van der Waals surface area contributed by atoms with Crippen LogP contribution in [0.5, 0.6) is 0 Å². The van der Waals surface area contributed by atoms with Crippen LogP contribution in [0.3, 0.4) is 0 Å². The first-order valence-corrected chi connectivity index (χ1v) is 5.94. The molecule has 1 aromatic rings. The predicted octanol–water partition coefficient (Wildman–Crippen LogP) is 0.585. The Hall–Kier alpha value is -0.430. The normalized spacial score (nSPS) is 13.3. The van der Waals surface area contributed by atoms with Crippen LogP contribution >= 0.6 is 15.9 Å². The number of methoxy groups -OCH3 is 1. The van der Waals surface area contributed by atoms with Gasteiger partial charge < -0.3 is 14.7 Å². The van der Waals surface area contributed by atoms with Gasteiger partial charge in [-0.05, 0) is 23.0 Å². The second-order valence-electron chi connectivity index (χ2n) is 3.79. The monoisotopic (exact) mass is 291 g/mol. The highest BCUT2D eigenvalue weighted by Crippen LogP contribution is 2.05. The Morgan fingerprint density at radius 1 is 1.69 bits per heavy atom. The molecule has 0 bridgehead atoms. The van der Waals surface area contributed by atoms with Gasteiger partial charge in [-0.25, -0.2) is 0 Å². The summed E-state index contributed by atoms with van der Waals surface area (Å²) in [4.78, 5) is 2.05. The predicted molar refractivity (Wildman–Crippen MR) is 65.3 cm³/mol. The maximum atomic E-state index is 9.52. The van der Waals surface area contributed by atoms with E-state index in [0.29, 0.717) is 13.2 Å². The lowest BCUT2D eigenvalue weighted by Crippen LogP contribution is -2.34. The lowest BCUT2D eigenvalue weighted by molar-refractivity contribution is 0.0425. The highest BCUT2D eigenvalue weighted by molar-refractivity contribution is 9.10. The number of rotatable bonds is 7. The van der Waals surface area contributed by atoms with E-state index in [4.69, 9.17) is 4.74 Å². The zero-order chi connectivity index (χ0) is 12.0. The van der Waals surface area contributed by atoms with Crippen molar-refractivity contribution in [2.75, 3.05) is 33.9 Å². The van der Waals surface area contributed by atoms with Crippen LogP contribution < -0.4 is 0 Å². The first-order chi connectivity index (χ1) is 7.61. The quantitative estimate of drug-likeness (QED) is 0.799. The van der Waals surface area contributed by atoms with Crippen LogP contribution in [-0.4, -0.2) is 59.7 Å². The van der Waals surface area contributed by atoms with Crippen molar-refractivity contribution in [1.82, 2.24) is 14.7 Å². The largest absolute Gasteiger partial charge is 0.389 e. The fraction of sp³-hybridized carbons (Fsp3) is 0.700. The van der Waals surface area contributed by atoms with E-state index in [1.165, 1.54) is 0 Å². The molecule has 0 aliphatic rings. The minimum absolute atomic E-state index is 0.373. The molecule has 0 aliphatic carbocycles. The number of likely N-dealkylation sites (N-methyl/N-ethyl adjacent to an activating group) is 1. The van der Waals surface area contributed by atoms with Crippen LogP contribution in [0.25, 0.3) is 0 Å². The van der Waals surface area contributed by atoms with Crippen LogP contribution in [0.2, 0.25) is 0 Å². The SMILES string of the molecule is COC[C@@H](O)CN(C)CCn1cc(Br)cn1. The molecule has 92 valence electrons. The molecule has 1 heterocycles. The molecule has 0 spiro atoms. The van der Waals surface area contributed by atoms with Gasteiger partial charge in [0.15, 0.2) is 0 Å². The van der Waals surface area contributed by atoms with Crippen LogP contribution in [0.4, 0.5) is 0 Å². The minimum atomic E-state index is -0.431. The highest BCUT2D eigenvalue weighted by atomic mass is 79.9. The Morgan fingerprint density at radius 2 is 2.44 bits per heavy atom. The van der Waals surface area contributed by atoms with Gasteiger partial charge in [-0.2, -0.15) is 5.10 Å². The van der Waals surface area contributed by atoms with Gasteiger partial charge in [0, 0.05) is 26.4 Å². The maximum absolute atomic E-state index is 9.52. The first-order valence-electron chi connectivity index (χ1n) is 5.15. The molecule has 1 aromatic heterocycles. The summed E-state index contributed by atoms with van der Waals surface area (Å²) in [6.45, 7) is 2.63. The van der Waals surface area contributed by atoms with E-state index in [-0.39, 0.29) is 0 Å². The van der Waals surface area contributed by atoms with Gasteiger partial charge in [0.05, 0.1) is 29.9 Å². The van der Waals surface area contributed by atoms with Crippen molar-refractivity contribution in [2.45, 2.75) is 12.6 Å². The molecule has 1 atom stereocenters. The van der Waals surface area contributed by atoms with Gasteiger partial charge in [0.2, 0.25) is 0 Å². The van der Waals surface area contributed by atoms with E-state index in [1.807, 2.05) is 17.9 Å². The summed E-state index contributed by atoms with van der Waals surface area (Å²) in [5.74, 6) is 0. The Balaban J connectivity index is 2.22. The van der Waals surface area contributed by atoms with Crippen LogP contribution in [0.15, 0.2) is 16.9 Å². The molecule has 16 heavy (non-hydrogen) atoms. The number of aliphatic hydroxyl groups excluding tert-OH is 1. The third-order valence-corrected chi connectivity index (χ3v) is 2.60. The summed E-state index contributed by atoms with van der Waals surface area (Å²) in [6.07, 6.45) is 3.26. The number of aromatic nitrogens is 2. The maximum Gasteiger partial charge on any atom is 0.0899 e. The Bertz CT molecular complexity index is 306. The van der Waals surface area contributed by atoms with Crippen molar-refractivity contribution in [1.29, 1.82) is 0 Å². The average Bonchev–Trinajstić information content (AvgIpc) is 2.61. The minimum Gasteiger partial charge on any atom is -0.389 e. The summed E-state index contributed by atoms with van der Waals surface area (Å²) in [6, 6.07) is 0. The number of ether oxygens (including phenoxy) is 1. The van der Waals surface area contributed by atoms with Crippen molar-refractivity contribution in [2.24, 2.45) is 0 Å². The van der Waals surface area contributed by atoms with Crippen molar-refractivity contribution in [3.8, 4) is 0 Å². The smallest absolute Gasteiger partial charge is 0.0899 e. The summed E-state index contributed by atoms with van der Waals surface area (Å²) < 4.78 is 7.72. The molecule has 0 aliphatic heterocycles. The van der Waals surface area contributed by atoms with Gasteiger partial charge in [-0.15, -0.1) is 0 Å². The molecule has 1 rings (SSSR count). The Morgan fingerprint density at radius 3 is 3.00 bits per heavy atom. The molecule has 6 heteroatoms. The number of hydrogen-bond acceptors (Lipinski definition) is 4. The molecule has 0 amide bonds. The Kier molecular flexibility index (Phi) is 5.97. The second kappa shape index (κ2) is 7.01. The van der Waals surface area contributed by atoms with Gasteiger partial charge in [0.1, 0.15) is 0 Å². The molecule has 0 saturated heterocycles. The molecule has 0 radical (unpaired) electrons. The number of aliphatic hydroxyl groups is 1. The Labute approximate surface area is 104 Å². The van der Waals surface area contributed by atoms with Gasteiger partial charge in [0.25, 0.3) is 0 Å². The number of nitrogens with zero attached hydrogens (tertiary/aromatic N) is 3. The fourth-order valence-corrected chi connectivity index (χ4v) is 1.76. The van der Waals surface area contributed by atoms with E-state index >= 15 is 0 Å². The van der Waals surface area contributed by atoms with E-state index < -0.39 is 6.10 Å². The average molecular weight is 292 g/mol. The molecule has 1 N–H and O–H groups in total. The van der Waals surface area contributed by atoms with Gasteiger partial charge in [-0.1, -0.05) is 0 Å². The molecule has 0 saturated carbocycles. The molecule has 0 aromatic carbocycles. The topological polar surface area (TPSA) is 50.5 Å². The summed E-state index contributed by atoms with van der Waals surface area (Å²) >= 11 is 3.35. The zero-order valence-corrected chi connectivity index (χ0v) is 11.2. The van der Waals surface area contributed by atoms with Crippen molar-refractivity contribution in [3.63, 3.8) is 0 Å². The van der Waals surface area contributed by atoms with Crippen LogP contribution in [0.1, 0.15) is 0 Å². The molecular formula is C10H18BrN3O2. The molecule has 5 nitrogen and oxygen atoms in total. The second-order valence-corrected chi connectivity index (χ2v) is 4.71. The summed E-state index contributed by atoms with van der Waals surface area (Å²) in [5.41, 5.74) is 0. The van der Waals surface area contributed by atoms with Gasteiger partial charge in [-0.3, -0.25) is 4.68 Å². The standard InChI is InChI=1S/C10H18BrN3O2/c1-13(7-10(15)8-16-2)3-4-14-6-9(11)5-12-14/h5-6,10,15H,3-4,7-8H2,1-2H3/t10-/m0/s1. The van der Waals surface area contributed by atoms with Crippen LogP contribution in [0, 0.1) is 0 Å². The van der Waals surface area contributed by atoms with Crippen molar-refractivity contribution in [3.05, 3.63) is 16.9 Å². The van der Waals surface area contributed by atoms with E-state index in [0.717, 1.165) is 17.6 Å².